The Labute approximate surface area is 203 Å². The Morgan fingerprint density at radius 2 is 1.59 bits per heavy atom. The lowest BCUT2D eigenvalue weighted by molar-refractivity contribution is -0.139. The van der Waals surface area contributed by atoms with Gasteiger partial charge in [0, 0.05) is 13.0 Å². The highest BCUT2D eigenvalue weighted by atomic mass is 32.1. The maximum absolute atomic E-state index is 13.3. The Bertz CT molecular complexity index is 895. The lowest BCUT2D eigenvalue weighted by Crippen LogP contribution is -2.53. The number of fused-ring (bicyclic) bond motifs is 1. The van der Waals surface area contributed by atoms with Gasteiger partial charge >= 0.3 is 0 Å². The van der Waals surface area contributed by atoms with Crippen LogP contribution in [0, 0.1) is 0 Å². The Kier molecular flexibility index (Phi) is 11.0. The molecule has 0 aromatic heterocycles. The van der Waals surface area contributed by atoms with E-state index in [0.29, 0.717) is 19.4 Å². The van der Waals surface area contributed by atoms with Gasteiger partial charge in [0.15, 0.2) is 5.78 Å². The van der Waals surface area contributed by atoms with Crippen LogP contribution in [0.1, 0.15) is 25.0 Å². The van der Waals surface area contributed by atoms with Crippen molar-refractivity contribution in [3.8, 4) is 0 Å². The Morgan fingerprint density at radius 3 is 2.22 bits per heavy atom. The second-order valence-electron chi connectivity index (χ2n) is 7.55. The molecule has 4 rings (SSSR count). The van der Waals surface area contributed by atoms with E-state index in [4.69, 9.17) is 4.74 Å². The number of ketones is 1. The molecule has 2 aliphatic heterocycles. The molecular formula is C24H32N2O4S2. The van der Waals surface area contributed by atoms with Crippen molar-refractivity contribution in [1.29, 1.82) is 0 Å². The largest absolute Gasteiger partial charge is 0.368 e. The van der Waals surface area contributed by atoms with E-state index in [0.717, 1.165) is 11.1 Å². The van der Waals surface area contributed by atoms with E-state index in [2.05, 4.69) is 5.32 Å². The molecule has 0 unspecified atom stereocenters. The molecule has 2 aliphatic rings. The van der Waals surface area contributed by atoms with Crippen molar-refractivity contribution < 1.29 is 19.1 Å². The first-order valence-electron chi connectivity index (χ1n) is 9.94. The van der Waals surface area contributed by atoms with Gasteiger partial charge in [-0.1, -0.05) is 68.1 Å². The van der Waals surface area contributed by atoms with Crippen LogP contribution in [0.5, 0.6) is 0 Å². The van der Waals surface area contributed by atoms with Crippen LogP contribution in [-0.4, -0.2) is 53.8 Å². The molecule has 0 aliphatic carbocycles. The van der Waals surface area contributed by atoms with Crippen molar-refractivity contribution in [2.24, 2.45) is 0 Å². The molecule has 2 fully saturated rings. The summed E-state index contributed by atoms with van der Waals surface area (Å²) in [6.45, 7) is 0.530. The average Bonchev–Trinajstić information content (AvgIpc) is 3.31. The van der Waals surface area contributed by atoms with Crippen molar-refractivity contribution in [1.82, 2.24) is 10.2 Å². The molecule has 2 aromatic carbocycles. The second-order valence-corrected chi connectivity index (χ2v) is 7.55. The minimum atomic E-state index is -0.722. The SMILES string of the molecule is C.O=C(Cc1ccccc1)N[C@@H](Cc1ccccc1)C(=O)N1CC[C@H]2OCC(=O)[C@H]21.S.S. The number of hydrogen-bond acceptors (Lipinski definition) is 4. The van der Waals surface area contributed by atoms with Crippen LogP contribution in [0.4, 0.5) is 0 Å². The molecular weight excluding hydrogens is 444 g/mol. The van der Waals surface area contributed by atoms with Gasteiger partial charge in [-0.15, -0.1) is 0 Å². The van der Waals surface area contributed by atoms with E-state index in [1.165, 1.54) is 0 Å². The molecule has 3 atom stereocenters. The molecule has 32 heavy (non-hydrogen) atoms. The molecule has 8 heteroatoms. The Morgan fingerprint density at radius 1 is 1.00 bits per heavy atom. The molecule has 2 saturated heterocycles. The molecule has 174 valence electrons. The van der Waals surface area contributed by atoms with Gasteiger partial charge in [0.05, 0.1) is 12.5 Å². The third kappa shape index (κ3) is 6.37. The quantitative estimate of drug-likeness (QED) is 0.695. The van der Waals surface area contributed by atoms with E-state index in [-0.39, 0.29) is 71.1 Å². The molecule has 0 radical (unpaired) electrons. The zero-order valence-corrected chi connectivity index (χ0v) is 19.1. The zero-order chi connectivity index (χ0) is 20.2. The van der Waals surface area contributed by atoms with Crippen molar-refractivity contribution in [2.45, 2.75) is 44.9 Å². The summed E-state index contributed by atoms with van der Waals surface area (Å²) >= 11 is 0. The normalized spacial score (nSPS) is 19.6. The van der Waals surface area contributed by atoms with E-state index < -0.39 is 12.1 Å². The summed E-state index contributed by atoms with van der Waals surface area (Å²) < 4.78 is 5.50. The van der Waals surface area contributed by atoms with Crippen LogP contribution >= 0.6 is 27.0 Å². The van der Waals surface area contributed by atoms with Crippen LogP contribution < -0.4 is 5.32 Å². The van der Waals surface area contributed by atoms with Gasteiger partial charge in [-0.3, -0.25) is 14.4 Å². The van der Waals surface area contributed by atoms with E-state index in [9.17, 15) is 14.4 Å². The highest BCUT2D eigenvalue weighted by Gasteiger charge is 2.48. The monoisotopic (exact) mass is 476 g/mol. The van der Waals surface area contributed by atoms with Crippen molar-refractivity contribution in [3.05, 3.63) is 71.8 Å². The van der Waals surface area contributed by atoms with E-state index in [1.54, 1.807) is 4.90 Å². The van der Waals surface area contributed by atoms with Gasteiger partial charge in [0.25, 0.3) is 0 Å². The Hall–Kier alpha value is -2.29. The number of hydrogen-bond donors (Lipinski definition) is 1. The number of ether oxygens (including phenoxy) is 1. The number of likely N-dealkylation sites (tertiary alicyclic amines) is 1. The number of benzene rings is 2. The van der Waals surface area contributed by atoms with E-state index in [1.807, 2.05) is 60.7 Å². The lowest BCUT2D eigenvalue weighted by Gasteiger charge is -2.27. The lowest BCUT2D eigenvalue weighted by atomic mass is 10.0. The molecule has 0 spiro atoms. The van der Waals surface area contributed by atoms with Gasteiger partial charge in [0.1, 0.15) is 18.7 Å². The molecule has 2 aromatic rings. The summed E-state index contributed by atoms with van der Waals surface area (Å²) in [7, 11) is 0. The Balaban J connectivity index is 0.00000171. The number of rotatable bonds is 6. The van der Waals surface area contributed by atoms with Crippen molar-refractivity contribution in [2.75, 3.05) is 13.2 Å². The highest BCUT2D eigenvalue weighted by Crippen LogP contribution is 2.27. The third-order valence-electron chi connectivity index (χ3n) is 5.52. The number of nitrogens with one attached hydrogen (secondary N) is 1. The fourth-order valence-electron chi connectivity index (χ4n) is 4.12. The molecule has 2 heterocycles. The molecule has 0 saturated carbocycles. The van der Waals surface area contributed by atoms with Crippen LogP contribution in [-0.2, 0) is 32.0 Å². The predicted molar refractivity (Wildman–Crippen MR) is 135 cm³/mol. The molecule has 0 bridgehead atoms. The standard InChI is InChI=1S/C23H24N2O4.CH4.2H2S/c26-19-15-29-20-11-12-25(22(19)20)23(28)18(13-16-7-3-1-4-8-16)24-21(27)14-17-9-5-2-6-10-17;;;/h1-10,18,20,22H,11-15H2,(H,24,27);1H4;2*1H2/t18-,20+,22+;;;/m0.../s1. The fourth-order valence-corrected chi connectivity index (χ4v) is 4.12. The van der Waals surface area contributed by atoms with Gasteiger partial charge in [-0.25, -0.2) is 0 Å². The summed E-state index contributed by atoms with van der Waals surface area (Å²) in [5, 5.41) is 2.90. The minimum Gasteiger partial charge on any atom is -0.368 e. The number of amides is 2. The summed E-state index contributed by atoms with van der Waals surface area (Å²) in [5.41, 5.74) is 1.84. The summed E-state index contributed by atoms with van der Waals surface area (Å²) in [5.74, 6) is -0.494. The summed E-state index contributed by atoms with van der Waals surface area (Å²) in [6.07, 6.45) is 1.01. The first-order valence-corrected chi connectivity index (χ1v) is 9.94. The number of carbonyl (C=O) groups excluding carboxylic acids is 3. The van der Waals surface area contributed by atoms with Gasteiger partial charge in [-0.2, -0.15) is 27.0 Å². The van der Waals surface area contributed by atoms with Crippen LogP contribution in [0.3, 0.4) is 0 Å². The molecule has 2 amide bonds. The van der Waals surface area contributed by atoms with Crippen molar-refractivity contribution >= 4 is 44.6 Å². The van der Waals surface area contributed by atoms with Gasteiger partial charge in [0.2, 0.25) is 11.8 Å². The van der Waals surface area contributed by atoms with Crippen molar-refractivity contribution in [3.63, 3.8) is 0 Å². The number of nitrogens with zero attached hydrogens (tertiary/aromatic N) is 1. The van der Waals surface area contributed by atoms with Crippen LogP contribution in [0.25, 0.3) is 0 Å². The maximum Gasteiger partial charge on any atom is 0.246 e. The predicted octanol–water partition coefficient (Wildman–Crippen LogP) is 2.39. The maximum atomic E-state index is 13.3. The summed E-state index contributed by atoms with van der Waals surface area (Å²) in [4.78, 5) is 39.8. The smallest absolute Gasteiger partial charge is 0.246 e. The molecule has 1 N–H and O–H groups in total. The number of carbonyl (C=O) groups is 3. The average molecular weight is 477 g/mol. The van der Waals surface area contributed by atoms with Crippen LogP contribution in [0.15, 0.2) is 60.7 Å². The first-order chi connectivity index (χ1) is 14.1. The number of Topliss-reactive ketones (excluding diaryl/α,β-unsaturated/α-hetero) is 1. The minimum absolute atomic E-state index is 0. The third-order valence-corrected chi connectivity index (χ3v) is 5.52. The molecule has 6 nitrogen and oxygen atoms in total. The fraction of sp³-hybridized carbons (Fsp3) is 0.375. The zero-order valence-electron chi connectivity index (χ0n) is 17.1. The topological polar surface area (TPSA) is 75.7 Å². The van der Waals surface area contributed by atoms with Crippen LogP contribution in [0.2, 0.25) is 0 Å². The first kappa shape index (κ1) is 27.7. The van der Waals surface area contributed by atoms with E-state index >= 15 is 0 Å². The second kappa shape index (κ2) is 12.7. The van der Waals surface area contributed by atoms with Gasteiger partial charge < -0.3 is 15.0 Å². The van der Waals surface area contributed by atoms with Gasteiger partial charge in [-0.05, 0) is 17.5 Å². The highest BCUT2D eigenvalue weighted by molar-refractivity contribution is 7.59. The summed E-state index contributed by atoms with van der Waals surface area (Å²) in [6, 6.07) is 17.8.